The lowest BCUT2D eigenvalue weighted by Crippen LogP contribution is -2.56. The fourth-order valence-corrected chi connectivity index (χ4v) is 4.14. The van der Waals surface area contributed by atoms with Gasteiger partial charge in [-0.3, -0.25) is 14.5 Å². The molecule has 1 fully saturated rings. The molecule has 3 aromatic rings. The molecule has 0 aromatic heterocycles. The molecule has 1 aliphatic rings. The van der Waals surface area contributed by atoms with E-state index >= 15 is 0 Å². The predicted octanol–water partition coefficient (Wildman–Crippen LogP) is 5.89. The van der Waals surface area contributed by atoms with Crippen LogP contribution in [0.25, 0.3) is 0 Å². The van der Waals surface area contributed by atoms with E-state index in [1.165, 1.54) is 5.56 Å². The number of carbonyl (C=O) groups excluding carboxylic acids is 2. The molecule has 0 radical (unpaired) electrons. The van der Waals surface area contributed by atoms with Crippen LogP contribution in [-0.4, -0.2) is 18.4 Å². The van der Waals surface area contributed by atoms with Crippen molar-refractivity contribution in [2.24, 2.45) is 0 Å². The summed E-state index contributed by atoms with van der Waals surface area (Å²) in [5.74, 6) is 0.123. The normalized spacial score (nSPS) is 16.9. The summed E-state index contributed by atoms with van der Waals surface area (Å²) in [6.07, 6.45) is 0. The van der Waals surface area contributed by atoms with Crippen LogP contribution in [0.3, 0.4) is 0 Å². The number of aryl methyl sites for hydroxylation is 1. The zero-order chi connectivity index (χ0) is 22.1. The van der Waals surface area contributed by atoms with Gasteiger partial charge >= 0.3 is 0 Å². The molecule has 4 nitrogen and oxygen atoms in total. The Morgan fingerprint density at radius 1 is 0.903 bits per heavy atom. The van der Waals surface area contributed by atoms with E-state index < -0.39 is 6.04 Å². The summed E-state index contributed by atoms with van der Waals surface area (Å²) >= 11 is 6.06. The molecule has 0 N–H and O–H groups in total. The van der Waals surface area contributed by atoms with E-state index in [1.54, 1.807) is 34.1 Å². The number of carbonyl (C=O) groups is 2. The highest BCUT2D eigenvalue weighted by molar-refractivity contribution is 6.30. The van der Waals surface area contributed by atoms with Crippen LogP contribution in [0.2, 0.25) is 5.02 Å². The lowest BCUT2D eigenvalue weighted by atomic mass is 9.95. The van der Waals surface area contributed by atoms with E-state index in [4.69, 9.17) is 11.6 Å². The maximum Gasteiger partial charge on any atom is 0.255 e. The molecule has 158 valence electrons. The van der Waals surface area contributed by atoms with E-state index in [0.717, 1.165) is 16.8 Å². The number of piperazine rings is 1. The zero-order valence-electron chi connectivity index (χ0n) is 17.9. The highest BCUT2D eigenvalue weighted by Crippen LogP contribution is 2.36. The molecule has 0 aliphatic carbocycles. The molecule has 1 unspecified atom stereocenters. The van der Waals surface area contributed by atoms with Gasteiger partial charge in [0.1, 0.15) is 12.6 Å². The van der Waals surface area contributed by atoms with Gasteiger partial charge in [-0.15, -0.1) is 0 Å². The molecule has 2 amide bonds. The Labute approximate surface area is 188 Å². The minimum Gasteiger partial charge on any atom is -0.301 e. The molecule has 1 atom stereocenters. The first-order valence-corrected chi connectivity index (χ1v) is 10.8. The number of nitrogens with zero attached hydrogens (tertiary/aromatic N) is 2. The van der Waals surface area contributed by atoms with E-state index in [-0.39, 0.29) is 18.4 Å². The van der Waals surface area contributed by atoms with Gasteiger partial charge in [-0.1, -0.05) is 67.9 Å². The maximum atomic E-state index is 13.8. The largest absolute Gasteiger partial charge is 0.301 e. The van der Waals surface area contributed by atoms with E-state index in [0.29, 0.717) is 16.6 Å². The number of rotatable bonds is 4. The average molecular weight is 433 g/mol. The van der Waals surface area contributed by atoms with Crippen LogP contribution in [-0.2, 0) is 9.59 Å². The summed E-state index contributed by atoms with van der Waals surface area (Å²) in [5.41, 5.74) is 4.35. The highest BCUT2D eigenvalue weighted by Gasteiger charge is 2.42. The third-order valence-corrected chi connectivity index (χ3v) is 6.00. The summed E-state index contributed by atoms with van der Waals surface area (Å²) < 4.78 is 0. The topological polar surface area (TPSA) is 40.6 Å². The third kappa shape index (κ3) is 4.08. The molecule has 5 heteroatoms. The van der Waals surface area contributed by atoms with Crippen molar-refractivity contribution in [2.45, 2.75) is 32.7 Å². The Kier molecular flexibility index (Phi) is 5.84. The Balaban J connectivity index is 1.81. The molecule has 1 saturated heterocycles. The summed E-state index contributed by atoms with van der Waals surface area (Å²) in [4.78, 5) is 30.4. The van der Waals surface area contributed by atoms with Gasteiger partial charge < -0.3 is 4.90 Å². The smallest absolute Gasteiger partial charge is 0.255 e. The fourth-order valence-electron chi connectivity index (χ4n) is 4.01. The van der Waals surface area contributed by atoms with Crippen LogP contribution in [0.4, 0.5) is 11.4 Å². The Hall–Kier alpha value is -3.11. The number of para-hydroxylation sites is 1. The van der Waals surface area contributed by atoms with Gasteiger partial charge in [0, 0.05) is 16.4 Å². The van der Waals surface area contributed by atoms with Gasteiger partial charge in [0.05, 0.1) is 0 Å². The summed E-state index contributed by atoms with van der Waals surface area (Å²) in [7, 11) is 0. The van der Waals surface area contributed by atoms with Crippen molar-refractivity contribution in [1.29, 1.82) is 0 Å². The van der Waals surface area contributed by atoms with Crippen molar-refractivity contribution in [1.82, 2.24) is 0 Å². The maximum absolute atomic E-state index is 13.8. The summed E-state index contributed by atoms with van der Waals surface area (Å²) in [6.45, 7) is 6.20. The van der Waals surface area contributed by atoms with Crippen LogP contribution in [0.15, 0.2) is 72.8 Å². The quantitative estimate of drug-likeness (QED) is 0.515. The first kappa shape index (κ1) is 21.1. The second-order valence-electron chi connectivity index (χ2n) is 8.17. The number of halogens is 1. The van der Waals surface area contributed by atoms with Crippen LogP contribution in [0.1, 0.15) is 42.5 Å². The highest BCUT2D eigenvalue weighted by atomic mass is 35.5. The fraction of sp³-hybridized carbons (Fsp3) is 0.231. The lowest BCUT2D eigenvalue weighted by Gasteiger charge is -2.41. The molecule has 1 aliphatic heterocycles. The van der Waals surface area contributed by atoms with E-state index in [2.05, 4.69) is 13.8 Å². The number of amides is 2. The van der Waals surface area contributed by atoms with Gasteiger partial charge in [0.15, 0.2) is 0 Å². The molecule has 1 heterocycles. The van der Waals surface area contributed by atoms with Crippen molar-refractivity contribution >= 4 is 34.8 Å². The molecule has 0 bridgehead atoms. The van der Waals surface area contributed by atoms with Gasteiger partial charge in [0.2, 0.25) is 5.91 Å². The number of hydrogen-bond donors (Lipinski definition) is 0. The summed E-state index contributed by atoms with van der Waals surface area (Å²) in [5, 5.41) is 0.582. The average Bonchev–Trinajstić information content (AvgIpc) is 2.76. The lowest BCUT2D eigenvalue weighted by molar-refractivity contribution is -0.128. The second kappa shape index (κ2) is 8.56. The molecular formula is C26H25ClN2O2. The minimum atomic E-state index is -0.747. The Morgan fingerprint density at radius 3 is 2.16 bits per heavy atom. The zero-order valence-corrected chi connectivity index (χ0v) is 18.6. The third-order valence-electron chi connectivity index (χ3n) is 5.75. The van der Waals surface area contributed by atoms with Crippen molar-refractivity contribution in [3.8, 4) is 0 Å². The molecule has 0 spiro atoms. The molecule has 31 heavy (non-hydrogen) atoms. The SMILES string of the molecule is Cc1ccccc1N1CC(=O)N(c2ccc(Cl)cc2)C(c2ccc(C(C)C)cc2)C1=O. The Morgan fingerprint density at radius 2 is 1.55 bits per heavy atom. The van der Waals surface area contributed by atoms with Gasteiger partial charge in [-0.2, -0.15) is 0 Å². The monoisotopic (exact) mass is 432 g/mol. The van der Waals surface area contributed by atoms with Crippen LogP contribution in [0, 0.1) is 6.92 Å². The van der Waals surface area contributed by atoms with Crippen LogP contribution < -0.4 is 9.80 Å². The standard InChI is InChI=1S/C26H25ClN2O2/c1-17(2)19-8-10-20(11-9-19)25-26(31)28(23-7-5-4-6-18(23)3)16-24(30)29(25)22-14-12-21(27)13-15-22/h4-15,17,25H,16H2,1-3H3. The van der Waals surface area contributed by atoms with Gasteiger partial charge in [-0.05, 0) is 59.9 Å². The predicted molar refractivity (Wildman–Crippen MR) is 126 cm³/mol. The second-order valence-corrected chi connectivity index (χ2v) is 8.61. The molecule has 0 saturated carbocycles. The summed E-state index contributed by atoms with van der Waals surface area (Å²) in [6, 6.07) is 21.9. The van der Waals surface area contributed by atoms with Gasteiger partial charge in [0.25, 0.3) is 5.91 Å². The molecule has 4 rings (SSSR count). The van der Waals surface area contributed by atoms with Crippen molar-refractivity contribution in [3.05, 3.63) is 94.5 Å². The van der Waals surface area contributed by atoms with Crippen molar-refractivity contribution in [3.63, 3.8) is 0 Å². The molecule has 3 aromatic carbocycles. The van der Waals surface area contributed by atoms with Crippen molar-refractivity contribution < 1.29 is 9.59 Å². The van der Waals surface area contributed by atoms with E-state index in [9.17, 15) is 9.59 Å². The number of hydrogen-bond acceptors (Lipinski definition) is 2. The van der Waals surface area contributed by atoms with Crippen molar-refractivity contribution in [2.75, 3.05) is 16.3 Å². The first-order valence-electron chi connectivity index (χ1n) is 10.4. The Bertz CT molecular complexity index is 1110. The van der Waals surface area contributed by atoms with Crippen LogP contribution >= 0.6 is 11.6 Å². The number of benzene rings is 3. The number of anilines is 2. The van der Waals surface area contributed by atoms with E-state index in [1.807, 2.05) is 55.5 Å². The van der Waals surface area contributed by atoms with Gasteiger partial charge in [-0.25, -0.2) is 0 Å². The first-order chi connectivity index (χ1) is 14.9. The minimum absolute atomic E-state index is 0.00705. The molecular weight excluding hydrogens is 408 g/mol. The van der Waals surface area contributed by atoms with Crippen LogP contribution in [0.5, 0.6) is 0 Å².